The van der Waals surface area contributed by atoms with Gasteiger partial charge in [0.05, 0.1) is 38.6 Å². The molecule has 0 spiro atoms. The summed E-state index contributed by atoms with van der Waals surface area (Å²) in [6.45, 7) is 7.30. The summed E-state index contributed by atoms with van der Waals surface area (Å²) < 4.78 is 24.9. The van der Waals surface area contributed by atoms with Crippen LogP contribution in [0.5, 0.6) is 5.75 Å². The third kappa shape index (κ3) is 9.40. The minimum atomic E-state index is -0.538. The summed E-state index contributed by atoms with van der Waals surface area (Å²) in [5.41, 5.74) is 5.31. The first-order chi connectivity index (χ1) is 21.1. The second-order valence-corrected chi connectivity index (χ2v) is 10.7. The molecule has 3 unspecified atom stereocenters. The molecule has 5 nitrogen and oxygen atoms in total. The monoisotopic (exact) mass is 602 g/mol. The van der Waals surface area contributed by atoms with E-state index in [-0.39, 0.29) is 18.8 Å². The third-order valence-electron chi connectivity index (χ3n) is 7.36. The van der Waals surface area contributed by atoms with Gasteiger partial charge in [-0.15, -0.1) is 0 Å². The Hall–Kier alpha value is -3.19. The summed E-state index contributed by atoms with van der Waals surface area (Å²) in [5, 5.41) is 11.1. The first-order valence-electron chi connectivity index (χ1n) is 15.2. The maximum Gasteiger partial charge on any atom is 0.119 e. The summed E-state index contributed by atoms with van der Waals surface area (Å²) in [7, 11) is 0. The lowest BCUT2D eigenvalue weighted by Crippen LogP contribution is -2.50. The predicted molar refractivity (Wildman–Crippen MR) is 173 cm³/mol. The van der Waals surface area contributed by atoms with Crippen LogP contribution in [-0.4, -0.2) is 36.6 Å². The number of aliphatic hydroxyl groups excluding tert-OH is 1. The fourth-order valence-electron chi connectivity index (χ4n) is 5.23. The van der Waals surface area contributed by atoms with Crippen molar-refractivity contribution in [3.05, 3.63) is 136 Å². The van der Waals surface area contributed by atoms with Gasteiger partial charge in [-0.1, -0.05) is 110 Å². The summed E-state index contributed by atoms with van der Waals surface area (Å²) >= 11 is 6.64. The lowest BCUT2D eigenvalue weighted by molar-refractivity contribution is -0.217. The second-order valence-electron chi connectivity index (χ2n) is 10.3. The summed E-state index contributed by atoms with van der Waals surface area (Å²) in [4.78, 5) is 0. The zero-order valence-corrected chi connectivity index (χ0v) is 26.1. The lowest BCUT2D eigenvalue weighted by Gasteiger charge is -2.41. The van der Waals surface area contributed by atoms with Gasteiger partial charge in [0.25, 0.3) is 0 Å². The van der Waals surface area contributed by atoms with Crippen molar-refractivity contribution in [1.29, 1.82) is 0 Å². The SMILES string of the molecule is CC.CCOc1ccc(Cc2cc(C3CC(OCc4ccccc4)[C@H](OCc4ccccc4)C(CO)O3)ccc2Cl)cc1. The van der Waals surface area contributed by atoms with Gasteiger partial charge in [-0.2, -0.15) is 0 Å². The molecule has 0 saturated carbocycles. The standard InChI is InChI=1S/C35H37ClO5.C2H6/c1-2-38-30-16-13-25(14-17-30)19-29-20-28(15-18-31(29)36)32-21-33(39-23-26-9-5-3-6-10-26)35(34(22-37)41-32)40-24-27-11-7-4-8-12-27;1-2/h3-18,20,32-35,37H,2,19,21-24H2,1H3;1-2H3/t32?,33?,34?,35-;/m0./s1. The second kappa shape index (κ2) is 17.2. The molecule has 4 aromatic carbocycles. The molecule has 0 radical (unpaired) electrons. The van der Waals surface area contributed by atoms with Crippen LogP contribution in [0.25, 0.3) is 0 Å². The topological polar surface area (TPSA) is 57.2 Å². The van der Waals surface area contributed by atoms with Crippen LogP contribution in [0, 0.1) is 0 Å². The summed E-state index contributed by atoms with van der Waals surface area (Å²) in [6, 6.07) is 34.3. The van der Waals surface area contributed by atoms with E-state index in [9.17, 15) is 5.11 Å². The quantitative estimate of drug-likeness (QED) is 0.177. The molecule has 1 heterocycles. The van der Waals surface area contributed by atoms with Crippen LogP contribution in [0.1, 0.15) is 61.1 Å². The zero-order valence-electron chi connectivity index (χ0n) is 25.3. The van der Waals surface area contributed by atoms with Gasteiger partial charge in [0, 0.05) is 11.4 Å². The molecule has 4 aromatic rings. The minimum absolute atomic E-state index is 0.173. The number of halogens is 1. The minimum Gasteiger partial charge on any atom is -0.494 e. The Morgan fingerprint density at radius 3 is 2.02 bits per heavy atom. The molecule has 1 aliphatic heterocycles. The van der Waals surface area contributed by atoms with Crippen molar-refractivity contribution in [1.82, 2.24) is 0 Å². The van der Waals surface area contributed by atoms with Gasteiger partial charge in [-0.3, -0.25) is 0 Å². The highest BCUT2D eigenvalue weighted by Gasteiger charge is 2.40. The normalized spacial score (nSPS) is 19.7. The van der Waals surface area contributed by atoms with E-state index in [1.807, 2.05) is 106 Å². The van der Waals surface area contributed by atoms with Crippen LogP contribution in [0.15, 0.2) is 103 Å². The van der Waals surface area contributed by atoms with Crippen molar-refractivity contribution in [3.63, 3.8) is 0 Å². The van der Waals surface area contributed by atoms with E-state index in [4.69, 9.17) is 30.5 Å². The molecule has 4 atom stereocenters. The van der Waals surface area contributed by atoms with Crippen LogP contribution in [0.3, 0.4) is 0 Å². The number of ether oxygens (including phenoxy) is 4. The van der Waals surface area contributed by atoms with Crippen molar-refractivity contribution in [2.75, 3.05) is 13.2 Å². The molecule has 43 heavy (non-hydrogen) atoms. The number of rotatable bonds is 12. The Kier molecular flexibility index (Phi) is 13.1. The first kappa shape index (κ1) is 32.7. The van der Waals surface area contributed by atoms with Crippen LogP contribution in [-0.2, 0) is 33.8 Å². The third-order valence-corrected chi connectivity index (χ3v) is 7.73. The van der Waals surface area contributed by atoms with Gasteiger partial charge < -0.3 is 24.1 Å². The predicted octanol–water partition coefficient (Wildman–Crippen LogP) is 8.35. The fraction of sp³-hybridized carbons (Fsp3) is 0.351. The van der Waals surface area contributed by atoms with Crippen LogP contribution in [0.2, 0.25) is 5.02 Å². The molecule has 1 saturated heterocycles. The van der Waals surface area contributed by atoms with Crippen molar-refractivity contribution >= 4 is 11.6 Å². The van der Waals surface area contributed by atoms with Gasteiger partial charge >= 0.3 is 0 Å². The molecule has 1 N–H and O–H groups in total. The van der Waals surface area contributed by atoms with Gasteiger partial charge in [0.1, 0.15) is 18.0 Å². The van der Waals surface area contributed by atoms with Gasteiger partial charge in [0.15, 0.2) is 0 Å². The van der Waals surface area contributed by atoms with E-state index in [0.29, 0.717) is 37.7 Å². The molecule has 0 bridgehead atoms. The lowest BCUT2D eigenvalue weighted by atomic mass is 9.92. The van der Waals surface area contributed by atoms with Crippen molar-refractivity contribution in [2.45, 2.75) is 71.2 Å². The van der Waals surface area contributed by atoms with E-state index >= 15 is 0 Å². The van der Waals surface area contributed by atoms with E-state index in [2.05, 4.69) is 18.2 Å². The highest BCUT2D eigenvalue weighted by Crippen LogP contribution is 2.37. The van der Waals surface area contributed by atoms with E-state index in [1.54, 1.807) is 0 Å². The molecule has 228 valence electrons. The largest absolute Gasteiger partial charge is 0.494 e. The van der Waals surface area contributed by atoms with Gasteiger partial charge in [-0.05, 0) is 59.4 Å². The molecule has 0 aromatic heterocycles. The van der Waals surface area contributed by atoms with E-state index in [0.717, 1.165) is 33.6 Å². The Morgan fingerprint density at radius 1 is 0.791 bits per heavy atom. The molecule has 1 aliphatic rings. The maximum atomic E-state index is 10.4. The highest BCUT2D eigenvalue weighted by atomic mass is 35.5. The van der Waals surface area contributed by atoms with Crippen LogP contribution in [0.4, 0.5) is 0 Å². The zero-order chi connectivity index (χ0) is 30.4. The smallest absolute Gasteiger partial charge is 0.119 e. The summed E-state index contributed by atoms with van der Waals surface area (Å²) in [6.07, 6.45) is -0.237. The van der Waals surface area contributed by atoms with Crippen LogP contribution < -0.4 is 4.74 Å². The van der Waals surface area contributed by atoms with E-state index in [1.165, 1.54) is 0 Å². The Labute approximate surface area is 261 Å². The number of hydrogen-bond donors (Lipinski definition) is 1. The average molecular weight is 603 g/mol. The van der Waals surface area contributed by atoms with Crippen molar-refractivity contribution in [3.8, 4) is 5.75 Å². The Bertz CT molecular complexity index is 1350. The number of aliphatic hydroxyl groups is 1. The van der Waals surface area contributed by atoms with Crippen molar-refractivity contribution < 1.29 is 24.1 Å². The maximum absolute atomic E-state index is 10.4. The van der Waals surface area contributed by atoms with Gasteiger partial charge in [0.2, 0.25) is 0 Å². The van der Waals surface area contributed by atoms with E-state index < -0.39 is 12.2 Å². The highest BCUT2D eigenvalue weighted by molar-refractivity contribution is 6.31. The Balaban J connectivity index is 0.00000207. The fourth-order valence-corrected chi connectivity index (χ4v) is 5.42. The average Bonchev–Trinajstić information content (AvgIpc) is 3.06. The first-order valence-corrected chi connectivity index (χ1v) is 15.6. The molecular formula is C37H43ClO5. The number of benzene rings is 4. The number of hydrogen-bond acceptors (Lipinski definition) is 5. The molecule has 5 rings (SSSR count). The van der Waals surface area contributed by atoms with Crippen molar-refractivity contribution in [2.24, 2.45) is 0 Å². The van der Waals surface area contributed by atoms with Crippen LogP contribution >= 0.6 is 11.6 Å². The molecular weight excluding hydrogens is 560 g/mol. The molecule has 1 fully saturated rings. The molecule has 0 aliphatic carbocycles. The summed E-state index contributed by atoms with van der Waals surface area (Å²) in [5.74, 6) is 0.854. The molecule has 0 amide bonds. The van der Waals surface area contributed by atoms with Gasteiger partial charge in [-0.25, -0.2) is 0 Å². The molecule has 6 heteroatoms. The Morgan fingerprint density at radius 2 is 1.42 bits per heavy atom.